The molecule has 0 bridgehead atoms. The SMILES string of the molecule is CCCCCCCCCCCCCCCCC(O)[C@H](N)C(=O)[C@H](O)[C@H](O)CO. The average molecular weight is 404 g/mol. The lowest BCUT2D eigenvalue weighted by atomic mass is 9.96. The molecule has 0 fully saturated rings. The molecule has 0 aromatic rings. The number of hydrogen-bond acceptors (Lipinski definition) is 6. The smallest absolute Gasteiger partial charge is 0.183 e. The van der Waals surface area contributed by atoms with E-state index in [0.717, 1.165) is 19.3 Å². The maximum Gasteiger partial charge on any atom is 0.183 e. The fraction of sp³-hybridized carbons (Fsp3) is 0.955. The first-order chi connectivity index (χ1) is 13.5. The first kappa shape index (κ1) is 27.5. The molecule has 0 amide bonds. The van der Waals surface area contributed by atoms with Gasteiger partial charge in [0, 0.05) is 0 Å². The van der Waals surface area contributed by atoms with Crippen LogP contribution in [0.4, 0.5) is 0 Å². The number of nitrogens with two attached hydrogens (primary N) is 1. The molecule has 0 aliphatic rings. The van der Waals surface area contributed by atoms with Crippen LogP contribution < -0.4 is 5.73 Å². The summed E-state index contributed by atoms with van der Waals surface area (Å²) in [5.74, 6) is -0.834. The standard InChI is InChI=1S/C22H45NO5/c1-2-3-4-5-6-7-8-9-10-11-12-13-14-15-16-18(25)20(23)22(28)21(27)19(26)17-24/h18-21,24-27H,2-17,23H2,1H3/t18?,19-,20+,21-/m1/s1. The van der Waals surface area contributed by atoms with Gasteiger partial charge >= 0.3 is 0 Å². The van der Waals surface area contributed by atoms with Crippen molar-refractivity contribution in [1.29, 1.82) is 0 Å². The Morgan fingerprint density at radius 2 is 1.11 bits per heavy atom. The first-order valence-corrected chi connectivity index (χ1v) is 11.4. The topological polar surface area (TPSA) is 124 Å². The number of aliphatic hydroxyl groups is 4. The van der Waals surface area contributed by atoms with Gasteiger partial charge in [-0.05, 0) is 6.42 Å². The zero-order chi connectivity index (χ0) is 21.2. The summed E-state index contributed by atoms with van der Waals surface area (Å²) in [6.45, 7) is 1.52. The summed E-state index contributed by atoms with van der Waals surface area (Å²) in [7, 11) is 0. The number of ketones is 1. The van der Waals surface area contributed by atoms with Crippen LogP contribution in [-0.2, 0) is 4.79 Å². The van der Waals surface area contributed by atoms with E-state index in [1.807, 2.05) is 0 Å². The molecule has 0 heterocycles. The second kappa shape index (κ2) is 18.5. The molecule has 0 radical (unpaired) electrons. The summed E-state index contributed by atoms with van der Waals surface area (Å²) in [6, 6.07) is -1.24. The summed E-state index contributed by atoms with van der Waals surface area (Å²) < 4.78 is 0. The minimum atomic E-state index is -1.76. The van der Waals surface area contributed by atoms with Gasteiger partial charge in [0.05, 0.1) is 18.8 Å². The fourth-order valence-electron chi connectivity index (χ4n) is 3.40. The van der Waals surface area contributed by atoms with Crippen molar-refractivity contribution in [2.45, 2.75) is 128 Å². The second-order valence-corrected chi connectivity index (χ2v) is 8.08. The molecule has 28 heavy (non-hydrogen) atoms. The predicted octanol–water partition coefficient (Wildman–Crippen LogP) is 2.83. The molecule has 0 aliphatic carbocycles. The fourth-order valence-corrected chi connectivity index (χ4v) is 3.40. The molecule has 0 spiro atoms. The van der Waals surface area contributed by atoms with E-state index in [9.17, 15) is 20.1 Å². The Hall–Kier alpha value is -0.530. The van der Waals surface area contributed by atoms with E-state index in [0.29, 0.717) is 6.42 Å². The minimum absolute atomic E-state index is 0.396. The normalized spacial score (nSPS) is 15.9. The van der Waals surface area contributed by atoms with E-state index in [1.54, 1.807) is 0 Å². The number of unbranched alkanes of at least 4 members (excludes halogenated alkanes) is 13. The van der Waals surface area contributed by atoms with Crippen LogP contribution in [0, 0.1) is 0 Å². The highest BCUT2D eigenvalue weighted by molar-refractivity contribution is 5.88. The number of rotatable bonds is 20. The van der Waals surface area contributed by atoms with Crippen LogP contribution in [0.25, 0.3) is 0 Å². The molecule has 0 aromatic carbocycles. The number of aliphatic hydroxyl groups excluding tert-OH is 4. The van der Waals surface area contributed by atoms with Crippen molar-refractivity contribution >= 4 is 5.78 Å². The van der Waals surface area contributed by atoms with Crippen molar-refractivity contribution in [2.24, 2.45) is 5.73 Å². The van der Waals surface area contributed by atoms with Crippen LogP contribution >= 0.6 is 0 Å². The minimum Gasteiger partial charge on any atom is -0.394 e. The van der Waals surface area contributed by atoms with Crippen molar-refractivity contribution in [3.05, 3.63) is 0 Å². The Morgan fingerprint density at radius 1 is 0.714 bits per heavy atom. The summed E-state index contributed by atoms with van der Waals surface area (Å²) >= 11 is 0. The predicted molar refractivity (Wildman–Crippen MR) is 113 cm³/mol. The van der Waals surface area contributed by atoms with Gasteiger partial charge in [-0.2, -0.15) is 0 Å². The van der Waals surface area contributed by atoms with Gasteiger partial charge in [-0.1, -0.05) is 96.8 Å². The van der Waals surface area contributed by atoms with Gasteiger partial charge in [0.25, 0.3) is 0 Å². The van der Waals surface area contributed by atoms with Crippen LogP contribution in [0.5, 0.6) is 0 Å². The maximum absolute atomic E-state index is 11.8. The van der Waals surface area contributed by atoms with Gasteiger partial charge in [0.2, 0.25) is 0 Å². The summed E-state index contributed by atoms with van der Waals surface area (Å²) in [6.07, 6.45) is 13.5. The molecule has 168 valence electrons. The highest BCUT2D eigenvalue weighted by Gasteiger charge is 2.31. The largest absolute Gasteiger partial charge is 0.394 e. The molecule has 6 N–H and O–H groups in total. The molecule has 0 saturated heterocycles. The van der Waals surface area contributed by atoms with Crippen molar-refractivity contribution in [3.63, 3.8) is 0 Å². The van der Waals surface area contributed by atoms with Crippen LogP contribution in [-0.4, -0.2) is 57.2 Å². The zero-order valence-electron chi connectivity index (χ0n) is 17.9. The van der Waals surface area contributed by atoms with E-state index in [1.165, 1.54) is 70.6 Å². The molecule has 1 unspecified atom stereocenters. The Morgan fingerprint density at radius 3 is 1.50 bits per heavy atom. The van der Waals surface area contributed by atoms with Gasteiger partial charge < -0.3 is 26.2 Å². The van der Waals surface area contributed by atoms with Crippen molar-refractivity contribution < 1.29 is 25.2 Å². The lowest BCUT2D eigenvalue weighted by Gasteiger charge is -2.22. The molecule has 0 aromatic heterocycles. The summed E-state index contributed by atoms with van der Waals surface area (Å²) in [5.41, 5.74) is 5.66. The van der Waals surface area contributed by atoms with Gasteiger partial charge in [0.15, 0.2) is 5.78 Å². The molecule has 0 saturated carbocycles. The third-order valence-electron chi connectivity index (χ3n) is 5.44. The maximum atomic E-state index is 11.8. The molecule has 6 nitrogen and oxygen atoms in total. The van der Waals surface area contributed by atoms with Gasteiger partial charge in [-0.3, -0.25) is 4.79 Å². The van der Waals surface area contributed by atoms with Crippen molar-refractivity contribution in [2.75, 3.05) is 6.61 Å². The Labute approximate surface area is 171 Å². The lowest BCUT2D eigenvalue weighted by molar-refractivity contribution is -0.138. The van der Waals surface area contributed by atoms with E-state index in [-0.39, 0.29) is 0 Å². The highest BCUT2D eigenvalue weighted by atomic mass is 16.4. The van der Waals surface area contributed by atoms with E-state index in [2.05, 4.69) is 6.92 Å². The zero-order valence-corrected chi connectivity index (χ0v) is 17.9. The number of hydrogen-bond donors (Lipinski definition) is 5. The highest BCUT2D eigenvalue weighted by Crippen LogP contribution is 2.14. The van der Waals surface area contributed by atoms with Crippen LogP contribution in [0.2, 0.25) is 0 Å². The van der Waals surface area contributed by atoms with Crippen LogP contribution in [0.1, 0.15) is 103 Å². The van der Waals surface area contributed by atoms with Gasteiger partial charge in [-0.15, -0.1) is 0 Å². The van der Waals surface area contributed by atoms with Crippen molar-refractivity contribution in [3.8, 4) is 0 Å². The monoisotopic (exact) mass is 403 g/mol. The molecule has 0 rings (SSSR count). The molecule has 6 heteroatoms. The summed E-state index contributed by atoms with van der Waals surface area (Å²) in [5, 5.41) is 37.6. The van der Waals surface area contributed by atoms with Crippen LogP contribution in [0.3, 0.4) is 0 Å². The number of carbonyl (C=O) groups excluding carboxylic acids is 1. The average Bonchev–Trinajstić information content (AvgIpc) is 2.71. The molecule has 0 aliphatic heterocycles. The number of Topliss-reactive ketones (excluding diaryl/α,β-unsaturated/α-hetero) is 1. The van der Waals surface area contributed by atoms with E-state index in [4.69, 9.17) is 10.8 Å². The molecular weight excluding hydrogens is 358 g/mol. The van der Waals surface area contributed by atoms with Crippen molar-refractivity contribution in [1.82, 2.24) is 0 Å². The quantitative estimate of drug-likeness (QED) is 0.199. The second-order valence-electron chi connectivity index (χ2n) is 8.08. The Kier molecular flexibility index (Phi) is 18.1. The third-order valence-corrected chi connectivity index (χ3v) is 5.44. The van der Waals surface area contributed by atoms with E-state index >= 15 is 0 Å². The van der Waals surface area contributed by atoms with Gasteiger partial charge in [0.1, 0.15) is 12.2 Å². The first-order valence-electron chi connectivity index (χ1n) is 11.4. The Bertz CT molecular complexity index is 367. The molecule has 4 atom stereocenters. The third kappa shape index (κ3) is 13.6. The van der Waals surface area contributed by atoms with Gasteiger partial charge in [-0.25, -0.2) is 0 Å². The summed E-state index contributed by atoms with van der Waals surface area (Å²) in [4.78, 5) is 11.8. The van der Waals surface area contributed by atoms with E-state index < -0.39 is 36.7 Å². The number of carbonyl (C=O) groups is 1. The Balaban J connectivity index is 3.54. The molecular formula is C22H45NO5. The lowest BCUT2D eigenvalue weighted by Crippen LogP contribution is -2.51. The van der Waals surface area contributed by atoms with Crippen LogP contribution in [0.15, 0.2) is 0 Å².